The molecule has 1 aliphatic carbocycles. The van der Waals surface area contributed by atoms with E-state index in [4.69, 9.17) is 0 Å². The van der Waals surface area contributed by atoms with Crippen LogP contribution in [0.3, 0.4) is 0 Å². The number of rotatable bonds is 0. The van der Waals surface area contributed by atoms with Crippen molar-refractivity contribution in [1.82, 2.24) is 5.43 Å². The maximum Gasteiger partial charge on any atom is 0.0550 e. The van der Waals surface area contributed by atoms with Crippen LogP contribution in [-0.4, -0.2) is 6.21 Å². The molecular formula is C13H14N2. The third-order valence-corrected chi connectivity index (χ3v) is 3.16. The van der Waals surface area contributed by atoms with Crippen LogP contribution in [0.2, 0.25) is 0 Å². The van der Waals surface area contributed by atoms with Gasteiger partial charge in [-0.25, -0.2) is 0 Å². The van der Waals surface area contributed by atoms with Gasteiger partial charge in [0, 0.05) is 11.3 Å². The molecule has 0 aromatic heterocycles. The lowest BCUT2D eigenvalue weighted by Gasteiger charge is -2.19. The van der Waals surface area contributed by atoms with Crippen LogP contribution in [0.15, 0.2) is 35.1 Å². The molecule has 1 aromatic rings. The van der Waals surface area contributed by atoms with E-state index >= 15 is 0 Å². The zero-order chi connectivity index (χ0) is 10.1. The lowest BCUT2D eigenvalue weighted by Crippen LogP contribution is -2.10. The molecule has 0 amide bonds. The number of hydrazone groups is 1. The molecule has 1 heterocycles. The summed E-state index contributed by atoms with van der Waals surface area (Å²) < 4.78 is 0. The highest BCUT2D eigenvalue weighted by Crippen LogP contribution is 2.33. The van der Waals surface area contributed by atoms with Crippen LogP contribution in [0.4, 0.5) is 0 Å². The van der Waals surface area contributed by atoms with Gasteiger partial charge in [0.2, 0.25) is 0 Å². The molecule has 2 heteroatoms. The molecule has 0 unspecified atom stereocenters. The Morgan fingerprint density at radius 3 is 2.93 bits per heavy atom. The molecule has 3 rings (SSSR count). The van der Waals surface area contributed by atoms with Crippen LogP contribution in [0.5, 0.6) is 0 Å². The minimum atomic E-state index is 1.14. The molecule has 2 nitrogen and oxygen atoms in total. The van der Waals surface area contributed by atoms with Crippen molar-refractivity contribution < 1.29 is 0 Å². The number of nitrogens with one attached hydrogen (secondary N) is 1. The monoisotopic (exact) mass is 198 g/mol. The van der Waals surface area contributed by atoms with Crippen LogP contribution in [-0.2, 0) is 0 Å². The zero-order valence-electron chi connectivity index (χ0n) is 8.66. The Kier molecular flexibility index (Phi) is 2.05. The molecule has 0 spiro atoms. The van der Waals surface area contributed by atoms with Gasteiger partial charge >= 0.3 is 0 Å². The summed E-state index contributed by atoms with van der Waals surface area (Å²) >= 11 is 0. The van der Waals surface area contributed by atoms with Crippen molar-refractivity contribution in [2.24, 2.45) is 5.10 Å². The summed E-state index contributed by atoms with van der Waals surface area (Å²) in [6, 6.07) is 8.51. The van der Waals surface area contributed by atoms with Gasteiger partial charge in [-0.3, -0.25) is 5.43 Å². The number of hydrogen-bond acceptors (Lipinski definition) is 2. The normalized spacial score (nSPS) is 18.9. The van der Waals surface area contributed by atoms with Crippen molar-refractivity contribution in [1.29, 1.82) is 0 Å². The van der Waals surface area contributed by atoms with E-state index in [-0.39, 0.29) is 0 Å². The van der Waals surface area contributed by atoms with Gasteiger partial charge in [0.1, 0.15) is 0 Å². The fourth-order valence-corrected chi connectivity index (χ4v) is 2.39. The fraction of sp³-hybridized carbons (Fsp3) is 0.308. The van der Waals surface area contributed by atoms with E-state index in [1.807, 2.05) is 6.21 Å². The summed E-state index contributed by atoms with van der Waals surface area (Å²) in [6.07, 6.45) is 6.83. The Morgan fingerprint density at radius 2 is 1.93 bits per heavy atom. The molecule has 0 radical (unpaired) electrons. The average Bonchev–Trinajstić information content (AvgIpc) is 2.48. The van der Waals surface area contributed by atoms with Crippen LogP contribution >= 0.6 is 0 Å². The molecule has 0 saturated heterocycles. The van der Waals surface area contributed by atoms with Gasteiger partial charge in [-0.05, 0) is 36.8 Å². The van der Waals surface area contributed by atoms with Crippen LogP contribution in [0, 0.1) is 0 Å². The average molecular weight is 198 g/mol. The van der Waals surface area contributed by atoms with Crippen LogP contribution in [0.1, 0.15) is 36.8 Å². The molecular weight excluding hydrogens is 184 g/mol. The van der Waals surface area contributed by atoms with E-state index in [0.29, 0.717) is 0 Å². The van der Waals surface area contributed by atoms with Gasteiger partial charge in [-0.15, -0.1) is 0 Å². The molecule has 0 saturated carbocycles. The minimum absolute atomic E-state index is 1.14. The van der Waals surface area contributed by atoms with E-state index < -0.39 is 0 Å². The number of hydrogen-bond donors (Lipinski definition) is 1. The Hall–Kier alpha value is -1.57. The van der Waals surface area contributed by atoms with E-state index in [1.54, 1.807) is 0 Å². The zero-order valence-corrected chi connectivity index (χ0v) is 8.66. The van der Waals surface area contributed by atoms with Gasteiger partial charge in [0.25, 0.3) is 0 Å². The lowest BCUT2D eigenvalue weighted by atomic mass is 9.89. The topological polar surface area (TPSA) is 24.4 Å². The fourth-order valence-electron chi connectivity index (χ4n) is 2.39. The quantitative estimate of drug-likeness (QED) is 0.681. The molecule has 0 fully saturated rings. The second-order valence-electron chi connectivity index (χ2n) is 4.12. The molecule has 15 heavy (non-hydrogen) atoms. The summed E-state index contributed by atoms with van der Waals surface area (Å²) in [7, 11) is 0. The van der Waals surface area contributed by atoms with Crippen LogP contribution < -0.4 is 5.43 Å². The summed E-state index contributed by atoms with van der Waals surface area (Å²) in [4.78, 5) is 0. The van der Waals surface area contributed by atoms with E-state index in [0.717, 1.165) is 6.42 Å². The van der Waals surface area contributed by atoms with Gasteiger partial charge in [-0.2, -0.15) is 5.10 Å². The summed E-state index contributed by atoms with van der Waals surface area (Å²) in [6.45, 7) is 0. The van der Waals surface area contributed by atoms with Crippen molar-refractivity contribution >= 4 is 11.8 Å². The Morgan fingerprint density at radius 1 is 1.07 bits per heavy atom. The largest absolute Gasteiger partial charge is 0.282 e. The minimum Gasteiger partial charge on any atom is -0.282 e. The first-order valence-electron chi connectivity index (χ1n) is 5.55. The number of allylic oxidation sites excluding steroid dienone is 2. The smallest absolute Gasteiger partial charge is 0.0550 e. The van der Waals surface area contributed by atoms with E-state index in [2.05, 4.69) is 34.8 Å². The highest BCUT2D eigenvalue weighted by Gasteiger charge is 2.17. The summed E-state index contributed by atoms with van der Waals surface area (Å²) in [5.41, 5.74) is 8.56. The Balaban J connectivity index is 2.18. The van der Waals surface area contributed by atoms with Crippen molar-refractivity contribution in [2.45, 2.75) is 25.7 Å². The first-order chi connectivity index (χ1) is 7.45. The van der Waals surface area contributed by atoms with Crippen molar-refractivity contribution in [3.05, 3.63) is 41.1 Å². The van der Waals surface area contributed by atoms with Crippen molar-refractivity contribution in [3.63, 3.8) is 0 Å². The maximum atomic E-state index is 4.26. The molecule has 2 aliphatic rings. The summed E-state index contributed by atoms with van der Waals surface area (Å²) in [5.74, 6) is 0. The first-order valence-corrected chi connectivity index (χ1v) is 5.55. The summed E-state index contributed by atoms with van der Waals surface area (Å²) in [5, 5.41) is 4.26. The van der Waals surface area contributed by atoms with E-state index in [1.165, 1.54) is 41.7 Å². The Labute approximate surface area is 89.7 Å². The van der Waals surface area contributed by atoms with Gasteiger partial charge in [-0.1, -0.05) is 24.3 Å². The third kappa shape index (κ3) is 1.46. The van der Waals surface area contributed by atoms with E-state index in [9.17, 15) is 0 Å². The second-order valence-corrected chi connectivity index (χ2v) is 4.12. The van der Waals surface area contributed by atoms with Crippen LogP contribution in [0.25, 0.3) is 5.57 Å². The predicted molar refractivity (Wildman–Crippen MR) is 62.6 cm³/mol. The standard InChI is InChI=1S/C13H14N2/c1-2-6-11-10(5-1)9-14-15-13-8-4-3-7-12(11)13/h1-2,5-6,9,15H,3-4,7-8H2. The Bertz CT molecular complexity index is 444. The number of fused-ring (bicyclic) bond motifs is 2. The molecule has 76 valence electrons. The van der Waals surface area contributed by atoms with Gasteiger partial charge in [0.05, 0.1) is 6.21 Å². The molecule has 1 aromatic carbocycles. The molecule has 1 aliphatic heterocycles. The highest BCUT2D eigenvalue weighted by atomic mass is 15.3. The predicted octanol–water partition coefficient (Wildman–Crippen LogP) is 2.91. The van der Waals surface area contributed by atoms with Crippen molar-refractivity contribution in [3.8, 4) is 0 Å². The number of benzene rings is 1. The first kappa shape index (κ1) is 8.72. The third-order valence-electron chi connectivity index (χ3n) is 3.16. The van der Waals surface area contributed by atoms with Gasteiger partial charge in [0.15, 0.2) is 0 Å². The second kappa shape index (κ2) is 3.54. The lowest BCUT2D eigenvalue weighted by molar-refractivity contribution is 0.667. The highest BCUT2D eigenvalue weighted by molar-refractivity contribution is 5.90. The molecule has 0 bridgehead atoms. The molecule has 0 atom stereocenters. The number of nitrogens with zero attached hydrogens (tertiary/aromatic N) is 1. The van der Waals surface area contributed by atoms with Gasteiger partial charge < -0.3 is 0 Å². The van der Waals surface area contributed by atoms with Crippen molar-refractivity contribution in [2.75, 3.05) is 0 Å². The SMILES string of the molecule is C1=NNC2=C(CCCC2)c2ccccc21. The maximum absolute atomic E-state index is 4.26. The molecule has 1 N–H and O–H groups in total.